The second-order valence-electron chi connectivity index (χ2n) is 7.54. The minimum Gasteiger partial charge on any atom is -0.459 e. The molecule has 31 heavy (non-hydrogen) atoms. The number of aryl methyl sites for hydroxylation is 2. The standard InChI is InChI=1S/C23H26N2O6/c1-4-16-13-25(23(29)24-22(16)28)21-12-20(30-15(3)26)19(31-21)10-9-18(27)11-17-8-6-5-7-14(17)2/h5-10,13,19-21H,4,11-12H2,1-3H3,(H,24,28,29)/t19-,20+,21-/m1/s1. The van der Waals surface area contributed by atoms with Gasteiger partial charge in [0.25, 0.3) is 5.56 Å². The summed E-state index contributed by atoms with van der Waals surface area (Å²) in [5, 5.41) is 0. The zero-order valence-corrected chi connectivity index (χ0v) is 17.8. The quantitative estimate of drug-likeness (QED) is 0.536. The molecule has 0 unspecified atom stereocenters. The Labute approximate surface area is 179 Å². The van der Waals surface area contributed by atoms with E-state index in [4.69, 9.17) is 9.47 Å². The summed E-state index contributed by atoms with van der Waals surface area (Å²) in [5.41, 5.74) is 1.37. The van der Waals surface area contributed by atoms with Gasteiger partial charge >= 0.3 is 11.7 Å². The van der Waals surface area contributed by atoms with Crippen LogP contribution < -0.4 is 11.2 Å². The van der Waals surface area contributed by atoms with E-state index in [-0.39, 0.29) is 18.6 Å². The number of H-pyrrole nitrogens is 1. The number of allylic oxidation sites excluding steroid dienone is 1. The first-order chi connectivity index (χ1) is 14.8. The van der Waals surface area contributed by atoms with Crippen LogP contribution in [0.25, 0.3) is 0 Å². The molecule has 1 aliphatic rings. The second-order valence-corrected chi connectivity index (χ2v) is 7.54. The third-order valence-corrected chi connectivity index (χ3v) is 5.26. The Morgan fingerprint density at radius 1 is 1.26 bits per heavy atom. The van der Waals surface area contributed by atoms with Gasteiger partial charge in [-0.25, -0.2) is 4.79 Å². The Kier molecular flexibility index (Phi) is 7.02. The number of aromatic nitrogens is 2. The molecule has 1 aromatic carbocycles. The number of ether oxygens (including phenoxy) is 2. The number of ketones is 1. The Hall–Kier alpha value is -3.26. The van der Waals surface area contributed by atoms with Gasteiger partial charge in [0.05, 0.1) is 0 Å². The minimum absolute atomic E-state index is 0.114. The van der Waals surface area contributed by atoms with Crippen molar-refractivity contribution in [3.63, 3.8) is 0 Å². The van der Waals surface area contributed by atoms with Crippen LogP contribution in [0, 0.1) is 6.92 Å². The number of hydrogen-bond acceptors (Lipinski definition) is 6. The van der Waals surface area contributed by atoms with Gasteiger partial charge in [0.2, 0.25) is 0 Å². The van der Waals surface area contributed by atoms with Crippen molar-refractivity contribution in [2.24, 2.45) is 0 Å². The third-order valence-electron chi connectivity index (χ3n) is 5.26. The maximum atomic E-state index is 12.4. The fourth-order valence-electron chi connectivity index (χ4n) is 3.58. The lowest BCUT2D eigenvalue weighted by molar-refractivity contribution is -0.147. The van der Waals surface area contributed by atoms with E-state index in [1.54, 1.807) is 6.08 Å². The van der Waals surface area contributed by atoms with Crippen LogP contribution in [-0.2, 0) is 31.9 Å². The molecular formula is C23H26N2O6. The van der Waals surface area contributed by atoms with E-state index < -0.39 is 35.7 Å². The molecule has 3 rings (SSSR count). The Balaban J connectivity index is 1.79. The molecule has 0 saturated carbocycles. The summed E-state index contributed by atoms with van der Waals surface area (Å²) in [4.78, 5) is 50.4. The summed E-state index contributed by atoms with van der Waals surface area (Å²) in [6, 6.07) is 7.64. The van der Waals surface area contributed by atoms with Crippen molar-refractivity contribution in [1.82, 2.24) is 9.55 Å². The van der Waals surface area contributed by atoms with E-state index in [0.717, 1.165) is 11.1 Å². The Morgan fingerprint density at radius 3 is 2.68 bits per heavy atom. The van der Waals surface area contributed by atoms with Crippen LogP contribution in [0.4, 0.5) is 0 Å². The molecular weight excluding hydrogens is 400 g/mol. The maximum absolute atomic E-state index is 12.4. The smallest absolute Gasteiger partial charge is 0.330 e. The zero-order valence-electron chi connectivity index (χ0n) is 17.8. The summed E-state index contributed by atoms with van der Waals surface area (Å²) < 4.78 is 12.6. The number of benzene rings is 1. The lowest BCUT2D eigenvalue weighted by atomic mass is 10.0. The van der Waals surface area contributed by atoms with Gasteiger partial charge in [-0.3, -0.25) is 23.9 Å². The molecule has 164 valence electrons. The number of carbonyl (C=O) groups excluding carboxylic acids is 2. The number of hydrogen-bond donors (Lipinski definition) is 1. The van der Waals surface area contributed by atoms with E-state index in [1.165, 1.54) is 23.8 Å². The number of nitrogens with one attached hydrogen (secondary N) is 1. The average Bonchev–Trinajstić information content (AvgIpc) is 3.10. The molecule has 0 bridgehead atoms. The van der Waals surface area contributed by atoms with Gasteiger partial charge < -0.3 is 9.47 Å². The molecule has 0 spiro atoms. The SMILES string of the molecule is CCc1cn([C@H]2C[C@H](OC(C)=O)[C@@H](C=CC(=O)Cc3ccccc3C)O2)c(=O)[nH]c1=O. The lowest BCUT2D eigenvalue weighted by Crippen LogP contribution is -2.34. The van der Waals surface area contributed by atoms with Crippen LogP contribution in [-0.4, -0.2) is 33.5 Å². The molecule has 8 nitrogen and oxygen atoms in total. The number of aromatic amines is 1. The van der Waals surface area contributed by atoms with Crippen LogP contribution in [0.2, 0.25) is 0 Å². The van der Waals surface area contributed by atoms with Gasteiger partial charge in [-0.05, 0) is 36.6 Å². The van der Waals surface area contributed by atoms with Crippen molar-refractivity contribution in [1.29, 1.82) is 0 Å². The molecule has 1 N–H and O–H groups in total. The molecule has 2 aromatic rings. The van der Waals surface area contributed by atoms with E-state index in [9.17, 15) is 19.2 Å². The van der Waals surface area contributed by atoms with E-state index in [0.29, 0.717) is 12.0 Å². The highest BCUT2D eigenvalue weighted by molar-refractivity contribution is 5.91. The largest absolute Gasteiger partial charge is 0.459 e. The van der Waals surface area contributed by atoms with Crippen LogP contribution in [0.15, 0.2) is 52.2 Å². The fourth-order valence-corrected chi connectivity index (χ4v) is 3.58. The van der Waals surface area contributed by atoms with Crippen molar-refractivity contribution in [2.75, 3.05) is 0 Å². The monoisotopic (exact) mass is 426 g/mol. The van der Waals surface area contributed by atoms with Crippen LogP contribution in [0.5, 0.6) is 0 Å². The summed E-state index contributed by atoms with van der Waals surface area (Å²) in [5.74, 6) is -0.598. The summed E-state index contributed by atoms with van der Waals surface area (Å²) in [6.45, 7) is 5.04. The first-order valence-electron chi connectivity index (χ1n) is 10.2. The minimum atomic E-state index is -0.736. The molecule has 3 atom stereocenters. The Bertz CT molecular complexity index is 1110. The van der Waals surface area contributed by atoms with Crippen LogP contribution in [0.3, 0.4) is 0 Å². The highest BCUT2D eigenvalue weighted by atomic mass is 16.6. The van der Waals surface area contributed by atoms with Gasteiger partial charge in [0.1, 0.15) is 18.4 Å². The average molecular weight is 426 g/mol. The van der Waals surface area contributed by atoms with Gasteiger partial charge in [-0.2, -0.15) is 0 Å². The number of esters is 1. The van der Waals surface area contributed by atoms with Crippen molar-refractivity contribution >= 4 is 11.8 Å². The molecule has 8 heteroatoms. The summed E-state index contributed by atoms with van der Waals surface area (Å²) in [6.07, 6.45) is 3.27. The van der Waals surface area contributed by atoms with E-state index in [2.05, 4.69) is 4.98 Å². The van der Waals surface area contributed by atoms with Gasteiger partial charge in [-0.1, -0.05) is 31.2 Å². The molecule has 0 radical (unpaired) electrons. The molecule has 0 amide bonds. The Morgan fingerprint density at radius 2 is 2.00 bits per heavy atom. The first-order valence-corrected chi connectivity index (χ1v) is 10.2. The zero-order chi connectivity index (χ0) is 22.5. The summed E-state index contributed by atoms with van der Waals surface area (Å²) in [7, 11) is 0. The highest BCUT2D eigenvalue weighted by Crippen LogP contribution is 2.31. The van der Waals surface area contributed by atoms with Crippen molar-refractivity contribution < 1.29 is 19.1 Å². The van der Waals surface area contributed by atoms with Crippen molar-refractivity contribution in [3.05, 3.63) is 80.1 Å². The third kappa shape index (κ3) is 5.46. The maximum Gasteiger partial charge on any atom is 0.330 e. The molecule has 1 fully saturated rings. The molecule has 1 aliphatic heterocycles. The normalized spacial score (nSPS) is 20.8. The number of carbonyl (C=O) groups is 2. The number of nitrogens with zero attached hydrogens (tertiary/aromatic N) is 1. The van der Waals surface area contributed by atoms with Gasteiger partial charge in [0.15, 0.2) is 5.78 Å². The van der Waals surface area contributed by atoms with Crippen LogP contribution >= 0.6 is 0 Å². The number of rotatable bonds is 7. The highest BCUT2D eigenvalue weighted by Gasteiger charge is 2.37. The van der Waals surface area contributed by atoms with Crippen molar-refractivity contribution in [3.8, 4) is 0 Å². The van der Waals surface area contributed by atoms with Gasteiger partial charge in [-0.15, -0.1) is 0 Å². The second kappa shape index (κ2) is 9.70. The molecule has 2 heterocycles. The van der Waals surface area contributed by atoms with Crippen LogP contribution in [0.1, 0.15) is 43.2 Å². The predicted octanol–water partition coefficient (Wildman–Crippen LogP) is 1.99. The summed E-state index contributed by atoms with van der Waals surface area (Å²) >= 11 is 0. The molecule has 0 aliphatic carbocycles. The van der Waals surface area contributed by atoms with E-state index >= 15 is 0 Å². The molecule has 1 aromatic heterocycles. The molecule has 1 saturated heterocycles. The van der Waals surface area contributed by atoms with E-state index in [1.807, 2.05) is 38.1 Å². The topological polar surface area (TPSA) is 107 Å². The first kappa shape index (κ1) is 22.4. The van der Waals surface area contributed by atoms with Crippen molar-refractivity contribution in [2.45, 2.75) is 58.5 Å². The lowest BCUT2D eigenvalue weighted by Gasteiger charge is -2.15. The van der Waals surface area contributed by atoms with Gasteiger partial charge in [0, 0.05) is 31.5 Å². The fraction of sp³-hybridized carbons (Fsp3) is 0.391. The predicted molar refractivity (Wildman–Crippen MR) is 114 cm³/mol.